The highest BCUT2D eigenvalue weighted by atomic mass is 14.7. The highest BCUT2D eigenvalue weighted by molar-refractivity contribution is 5.85. The molecule has 33 heavy (non-hydrogen) atoms. The van der Waals surface area contributed by atoms with Gasteiger partial charge in [0.1, 0.15) is 0 Å². The summed E-state index contributed by atoms with van der Waals surface area (Å²) in [6, 6.07) is 11.0. The number of allylic oxidation sites excluding steroid dienone is 6. The fraction of sp³-hybridized carbons (Fsp3) is 0.531. The molecule has 0 saturated heterocycles. The van der Waals surface area contributed by atoms with Crippen LogP contribution in [-0.2, 0) is 0 Å². The van der Waals surface area contributed by atoms with Gasteiger partial charge in [-0.1, -0.05) is 89.1 Å². The Morgan fingerprint density at radius 2 is 1.73 bits per heavy atom. The lowest BCUT2D eigenvalue weighted by atomic mass is 9.48. The minimum atomic E-state index is 0.149. The van der Waals surface area contributed by atoms with Gasteiger partial charge in [0.15, 0.2) is 0 Å². The number of pyridine rings is 1. The molecule has 0 spiro atoms. The second kappa shape index (κ2) is 8.26. The van der Waals surface area contributed by atoms with Crippen molar-refractivity contribution in [2.75, 3.05) is 0 Å². The van der Waals surface area contributed by atoms with Crippen molar-refractivity contribution in [3.05, 3.63) is 71.6 Å². The van der Waals surface area contributed by atoms with Gasteiger partial charge in [-0.3, -0.25) is 4.98 Å². The van der Waals surface area contributed by atoms with Crippen LogP contribution in [0.5, 0.6) is 0 Å². The zero-order valence-electron chi connectivity index (χ0n) is 21.4. The normalized spacial score (nSPS) is 31.1. The number of rotatable bonds is 6. The Kier molecular flexibility index (Phi) is 5.66. The summed E-state index contributed by atoms with van der Waals surface area (Å²) in [6.07, 6.45) is 19.8. The Morgan fingerprint density at radius 1 is 1.03 bits per heavy atom. The van der Waals surface area contributed by atoms with E-state index in [9.17, 15) is 0 Å². The first-order chi connectivity index (χ1) is 15.8. The van der Waals surface area contributed by atoms with Gasteiger partial charge < -0.3 is 0 Å². The number of nitrogens with zero attached hydrogens (tertiary/aromatic N) is 1. The molecule has 2 unspecified atom stereocenters. The lowest BCUT2D eigenvalue weighted by molar-refractivity contribution is 0.114. The summed E-state index contributed by atoms with van der Waals surface area (Å²) < 4.78 is 0. The molecule has 174 valence electrons. The molecule has 4 aliphatic rings. The summed E-state index contributed by atoms with van der Waals surface area (Å²) in [5.41, 5.74) is 7.01. The van der Waals surface area contributed by atoms with Crippen molar-refractivity contribution >= 4 is 16.3 Å². The molecule has 2 aromatic rings. The Morgan fingerprint density at radius 3 is 2.42 bits per heavy atom. The highest BCUT2D eigenvalue weighted by Gasteiger charge is 2.52. The monoisotopic (exact) mass is 439 g/mol. The second-order valence-corrected chi connectivity index (χ2v) is 11.9. The number of benzene rings is 1. The molecule has 0 amide bonds. The van der Waals surface area contributed by atoms with Crippen LogP contribution in [0.2, 0.25) is 0 Å². The van der Waals surface area contributed by atoms with Gasteiger partial charge in [-0.2, -0.15) is 0 Å². The molecule has 1 nitrogen and oxygen atoms in total. The Balaban J connectivity index is 1.71. The topological polar surface area (TPSA) is 12.9 Å². The standard InChI is InChI=1S/C32H41N/c1-6-8-14-30(3,13-7-2)26-21-28-27(31(4)15-17-32(28,5)18-16-31)20-25(26)29-19-23-11-9-10-12-24(23)22-33-29/h8-12,14,19-20,22,26H,6-7,13,15-18,21H2,1-5H3. The van der Waals surface area contributed by atoms with E-state index in [2.05, 4.69) is 89.4 Å². The summed E-state index contributed by atoms with van der Waals surface area (Å²) in [4.78, 5) is 5.06. The summed E-state index contributed by atoms with van der Waals surface area (Å²) in [7, 11) is 0. The van der Waals surface area contributed by atoms with Crippen LogP contribution in [0.25, 0.3) is 16.3 Å². The molecule has 6 rings (SSSR count). The quantitative estimate of drug-likeness (QED) is 0.409. The van der Waals surface area contributed by atoms with Crippen LogP contribution in [0.15, 0.2) is 65.9 Å². The van der Waals surface area contributed by atoms with Crippen LogP contribution >= 0.6 is 0 Å². The van der Waals surface area contributed by atoms with E-state index in [0.29, 0.717) is 16.7 Å². The molecule has 2 bridgehead atoms. The number of hydrogen-bond donors (Lipinski definition) is 0. The molecule has 0 aliphatic heterocycles. The first-order valence-electron chi connectivity index (χ1n) is 13.3. The SMILES string of the molecule is CCC=CC(C)(CCC)C1CC2=C(C=C1c1cc3ccccc3cn1)C1(C)CCC2(C)CC1. The Bertz CT molecular complexity index is 1140. The smallest absolute Gasteiger partial charge is 0.0671 e. The third-order valence-electron chi connectivity index (χ3n) is 9.49. The maximum absolute atomic E-state index is 5.06. The lowest BCUT2D eigenvalue weighted by Gasteiger charge is -2.56. The van der Waals surface area contributed by atoms with Crippen molar-refractivity contribution in [3.63, 3.8) is 0 Å². The van der Waals surface area contributed by atoms with Gasteiger partial charge in [-0.05, 0) is 89.7 Å². The van der Waals surface area contributed by atoms with Crippen LogP contribution in [-0.4, -0.2) is 4.98 Å². The fourth-order valence-corrected chi connectivity index (χ4v) is 7.18. The van der Waals surface area contributed by atoms with Crippen LogP contribution in [0.1, 0.15) is 91.7 Å². The highest BCUT2D eigenvalue weighted by Crippen LogP contribution is 2.64. The van der Waals surface area contributed by atoms with Crippen molar-refractivity contribution in [1.82, 2.24) is 4.98 Å². The molecule has 1 fully saturated rings. The molecular weight excluding hydrogens is 398 g/mol. The van der Waals surface area contributed by atoms with Crippen molar-refractivity contribution in [3.8, 4) is 0 Å². The van der Waals surface area contributed by atoms with E-state index >= 15 is 0 Å². The van der Waals surface area contributed by atoms with Crippen LogP contribution in [0, 0.1) is 22.2 Å². The van der Waals surface area contributed by atoms with Gasteiger partial charge in [0.2, 0.25) is 0 Å². The average Bonchev–Trinajstić information content (AvgIpc) is 2.83. The van der Waals surface area contributed by atoms with Gasteiger partial charge in [0, 0.05) is 11.6 Å². The van der Waals surface area contributed by atoms with Crippen molar-refractivity contribution in [2.45, 2.75) is 86.0 Å². The maximum Gasteiger partial charge on any atom is 0.0671 e. The molecule has 4 aliphatic carbocycles. The van der Waals surface area contributed by atoms with Gasteiger partial charge >= 0.3 is 0 Å². The van der Waals surface area contributed by atoms with Gasteiger partial charge in [0.05, 0.1) is 5.69 Å². The second-order valence-electron chi connectivity index (χ2n) is 11.9. The molecule has 1 heteroatoms. The summed E-state index contributed by atoms with van der Waals surface area (Å²) >= 11 is 0. The first kappa shape index (κ1) is 22.6. The predicted octanol–water partition coefficient (Wildman–Crippen LogP) is 9.31. The number of hydrogen-bond acceptors (Lipinski definition) is 1. The van der Waals surface area contributed by atoms with Gasteiger partial charge in [-0.25, -0.2) is 0 Å². The van der Waals surface area contributed by atoms with Crippen molar-refractivity contribution in [1.29, 1.82) is 0 Å². The molecular formula is C32H41N. The molecule has 0 radical (unpaired) electrons. The molecule has 1 aromatic carbocycles. The average molecular weight is 440 g/mol. The minimum Gasteiger partial charge on any atom is -0.256 e. The van der Waals surface area contributed by atoms with E-state index in [1.165, 1.54) is 67.0 Å². The summed E-state index contributed by atoms with van der Waals surface area (Å²) in [6.45, 7) is 12.2. The molecule has 1 heterocycles. The molecule has 0 N–H and O–H groups in total. The van der Waals surface area contributed by atoms with E-state index < -0.39 is 0 Å². The van der Waals surface area contributed by atoms with Crippen LogP contribution in [0.3, 0.4) is 0 Å². The van der Waals surface area contributed by atoms with Crippen molar-refractivity contribution in [2.24, 2.45) is 22.2 Å². The summed E-state index contributed by atoms with van der Waals surface area (Å²) in [5.74, 6) is 0.479. The largest absolute Gasteiger partial charge is 0.256 e. The van der Waals surface area contributed by atoms with E-state index in [4.69, 9.17) is 4.98 Å². The van der Waals surface area contributed by atoms with Gasteiger partial charge in [-0.15, -0.1) is 0 Å². The number of aromatic nitrogens is 1. The van der Waals surface area contributed by atoms with E-state index in [1.54, 1.807) is 11.1 Å². The fourth-order valence-electron chi connectivity index (χ4n) is 7.18. The zero-order chi connectivity index (χ0) is 23.3. The van der Waals surface area contributed by atoms with E-state index in [1.807, 2.05) is 0 Å². The third-order valence-corrected chi connectivity index (χ3v) is 9.49. The summed E-state index contributed by atoms with van der Waals surface area (Å²) in [5, 5.41) is 2.53. The predicted molar refractivity (Wildman–Crippen MR) is 142 cm³/mol. The van der Waals surface area contributed by atoms with Gasteiger partial charge in [0.25, 0.3) is 0 Å². The molecule has 1 saturated carbocycles. The minimum absolute atomic E-state index is 0.149. The lowest BCUT2D eigenvalue weighted by Crippen LogP contribution is -2.44. The zero-order valence-corrected chi connectivity index (χ0v) is 21.4. The Labute approximate surface area is 201 Å². The number of fused-ring (bicyclic) bond motifs is 3. The first-order valence-corrected chi connectivity index (χ1v) is 13.3. The molecule has 2 atom stereocenters. The molecule has 1 aromatic heterocycles. The van der Waals surface area contributed by atoms with Crippen molar-refractivity contribution < 1.29 is 0 Å². The van der Waals surface area contributed by atoms with E-state index in [-0.39, 0.29) is 5.41 Å². The Hall–Kier alpha value is -2.15. The maximum atomic E-state index is 5.06. The van der Waals surface area contributed by atoms with Crippen LogP contribution in [0.4, 0.5) is 0 Å². The van der Waals surface area contributed by atoms with E-state index in [0.717, 1.165) is 6.42 Å². The van der Waals surface area contributed by atoms with Crippen LogP contribution < -0.4 is 0 Å². The third kappa shape index (κ3) is 3.72.